The van der Waals surface area contributed by atoms with Crippen LogP contribution in [-0.2, 0) is 13.1 Å². The minimum absolute atomic E-state index is 0.0984. The topological polar surface area (TPSA) is 72.1 Å². The molecule has 2 N–H and O–H groups in total. The minimum Gasteiger partial charge on any atom is -0.337 e. The molecule has 0 unspecified atom stereocenters. The van der Waals surface area contributed by atoms with Gasteiger partial charge in [0, 0.05) is 32.5 Å². The molecule has 0 saturated heterocycles. The fourth-order valence-corrected chi connectivity index (χ4v) is 1.83. The van der Waals surface area contributed by atoms with Crippen LogP contribution >= 0.6 is 0 Å². The van der Waals surface area contributed by atoms with Crippen LogP contribution in [0, 0.1) is 0 Å². The molecule has 0 atom stereocenters. The van der Waals surface area contributed by atoms with Gasteiger partial charge in [-0.25, -0.2) is 9.97 Å². The molecule has 98 valence electrons. The molecule has 0 radical (unpaired) electrons. The molecule has 0 saturated carbocycles. The van der Waals surface area contributed by atoms with Crippen molar-refractivity contribution in [1.82, 2.24) is 14.9 Å². The lowest BCUT2D eigenvalue weighted by Crippen LogP contribution is -2.26. The van der Waals surface area contributed by atoms with Crippen LogP contribution < -0.4 is 5.73 Å². The predicted octanol–water partition coefficient (Wildman–Crippen LogP) is 1.21. The molecular weight excluding hydrogens is 240 g/mol. The van der Waals surface area contributed by atoms with Gasteiger partial charge >= 0.3 is 0 Å². The first kappa shape index (κ1) is 13.2. The van der Waals surface area contributed by atoms with Crippen molar-refractivity contribution in [3.63, 3.8) is 0 Å². The molecule has 0 spiro atoms. The molecule has 5 heteroatoms. The molecule has 0 aliphatic rings. The third-order valence-corrected chi connectivity index (χ3v) is 2.80. The van der Waals surface area contributed by atoms with Crippen molar-refractivity contribution in [3.8, 4) is 0 Å². The summed E-state index contributed by atoms with van der Waals surface area (Å²) in [6.45, 7) is 1.03. The Morgan fingerprint density at radius 2 is 1.95 bits per heavy atom. The smallest absolute Gasteiger partial charge is 0.257 e. The van der Waals surface area contributed by atoms with Gasteiger partial charge in [0.15, 0.2) is 0 Å². The molecule has 0 aliphatic carbocycles. The SMILES string of the molecule is CN(Cc1cccc(CN)c1)C(=O)c1cncnc1. The Balaban J connectivity index is 2.08. The molecular formula is C14H16N4O. The van der Waals surface area contributed by atoms with E-state index in [1.807, 2.05) is 24.3 Å². The number of benzene rings is 1. The van der Waals surface area contributed by atoms with Gasteiger partial charge < -0.3 is 10.6 Å². The molecule has 1 aromatic carbocycles. The Morgan fingerprint density at radius 1 is 1.26 bits per heavy atom. The van der Waals surface area contributed by atoms with Crippen LogP contribution in [0.25, 0.3) is 0 Å². The summed E-state index contributed by atoms with van der Waals surface area (Å²) in [6.07, 6.45) is 4.44. The van der Waals surface area contributed by atoms with Crippen LogP contribution in [0.1, 0.15) is 21.5 Å². The Morgan fingerprint density at radius 3 is 2.63 bits per heavy atom. The molecule has 0 aliphatic heterocycles. The van der Waals surface area contributed by atoms with Crippen LogP contribution in [-0.4, -0.2) is 27.8 Å². The van der Waals surface area contributed by atoms with Crippen molar-refractivity contribution < 1.29 is 4.79 Å². The maximum atomic E-state index is 12.1. The third-order valence-electron chi connectivity index (χ3n) is 2.80. The van der Waals surface area contributed by atoms with E-state index in [1.165, 1.54) is 18.7 Å². The number of nitrogens with two attached hydrogens (primary N) is 1. The maximum absolute atomic E-state index is 12.1. The van der Waals surface area contributed by atoms with E-state index in [1.54, 1.807) is 11.9 Å². The summed E-state index contributed by atoms with van der Waals surface area (Å²) in [6, 6.07) is 7.90. The Kier molecular flexibility index (Phi) is 4.20. The minimum atomic E-state index is -0.0984. The van der Waals surface area contributed by atoms with Gasteiger partial charge in [0.1, 0.15) is 6.33 Å². The fourth-order valence-electron chi connectivity index (χ4n) is 1.83. The molecule has 1 heterocycles. The van der Waals surface area contributed by atoms with E-state index < -0.39 is 0 Å². The van der Waals surface area contributed by atoms with Gasteiger partial charge in [-0.05, 0) is 11.1 Å². The van der Waals surface area contributed by atoms with Crippen LogP contribution in [0.3, 0.4) is 0 Å². The lowest BCUT2D eigenvalue weighted by molar-refractivity contribution is 0.0784. The second-order valence-corrected chi connectivity index (χ2v) is 4.31. The second kappa shape index (κ2) is 6.06. The highest BCUT2D eigenvalue weighted by Crippen LogP contribution is 2.09. The van der Waals surface area contributed by atoms with E-state index in [0.29, 0.717) is 18.7 Å². The van der Waals surface area contributed by atoms with Crippen LogP contribution in [0.4, 0.5) is 0 Å². The summed E-state index contributed by atoms with van der Waals surface area (Å²) in [4.78, 5) is 21.5. The molecule has 5 nitrogen and oxygen atoms in total. The van der Waals surface area contributed by atoms with Crippen LogP contribution in [0.5, 0.6) is 0 Å². The van der Waals surface area contributed by atoms with Gasteiger partial charge in [0.2, 0.25) is 0 Å². The standard InChI is InChI=1S/C14H16N4O/c1-18(14(19)13-7-16-10-17-8-13)9-12-4-2-3-11(5-12)6-15/h2-5,7-8,10H,6,9,15H2,1H3. The zero-order chi connectivity index (χ0) is 13.7. The van der Waals surface area contributed by atoms with E-state index in [2.05, 4.69) is 9.97 Å². The Hall–Kier alpha value is -2.27. The molecule has 0 fully saturated rings. The van der Waals surface area contributed by atoms with E-state index in [9.17, 15) is 4.79 Å². The summed E-state index contributed by atoms with van der Waals surface area (Å²) in [5, 5.41) is 0. The van der Waals surface area contributed by atoms with Crippen molar-refractivity contribution >= 4 is 5.91 Å². The zero-order valence-corrected chi connectivity index (χ0v) is 10.8. The molecule has 2 rings (SSSR count). The number of carbonyl (C=O) groups is 1. The van der Waals surface area contributed by atoms with Gasteiger partial charge in [-0.1, -0.05) is 24.3 Å². The third kappa shape index (κ3) is 3.35. The lowest BCUT2D eigenvalue weighted by atomic mass is 10.1. The Bertz CT molecular complexity index is 556. The summed E-state index contributed by atoms with van der Waals surface area (Å²) >= 11 is 0. The van der Waals surface area contributed by atoms with Crippen molar-refractivity contribution in [2.75, 3.05) is 7.05 Å². The van der Waals surface area contributed by atoms with Gasteiger partial charge in [0.05, 0.1) is 5.56 Å². The largest absolute Gasteiger partial charge is 0.337 e. The van der Waals surface area contributed by atoms with Gasteiger partial charge in [-0.15, -0.1) is 0 Å². The molecule has 0 bridgehead atoms. The van der Waals surface area contributed by atoms with E-state index in [-0.39, 0.29) is 5.91 Å². The van der Waals surface area contributed by atoms with E-state index in [0.717, 1.165) is 11.1 Å². The van der Waals surface area contributed by atoms with Gasteiger partial charge in [-0.2, -0.15) is 0 Å². The number of amides is 1. The highest BCUT2D eigenvalue weighted by atomic mass is 16.2. The fraction of sp³-hybridized carbons (Fsp3) is 0.214. The van der Waals surface area contributed by atoms with Crippen molar-refractivity contribution in [3.05, 3.63) is 59.7 Å². The second-order valence-electron chi connectivity index (χ2n) is 4.31. The zero-order valence-electron chi connectivity index (χ0n) is 10.8. The number of rotatable bonds is 4. The Labute approximate surface area is 112 Å². The van der Waals surface area contributed by atoms with E-state index in [4.69, 9.17) is 5.73 Å². The first-order valence-electron chi connectivity index (χ1n) is 5.99. The first-order valence-corrected chi connectivity index (χ1v) is 5.99. The number of aromatic nitrogens is 2. The number of nitrogens with zero attached hydrogens (tertiary/aromatic N) is 3. The van der Waals surface area contributed by atoms with E-state index >= 15 is 0 Å². The van der Waals surface area contributed by atoms with Gasteiger partial charge in [0.25, 0.3) is 5.91 Å². The average Bonchev–Trinajstić information content (AvgIpc) is 2.47. The maximum Gasteiger partial charge on any atom is 0.257 e. The summed E-state index contributed by atoms with van der Waals surface area (Å²) in [5.41, 5.74) is 8.20. The normalized spacial score (nSPS) is 10.2. The summed E-state index contributed by atoms with van der Waals surface area (Å²) in [5.74, 6) is -0.0984. The van der Waals surface area contributed by atoms with Crippen molar-refractivity contribution in [2.24, 2.45) is 5.73 Å². The molecule has 2 aromatic rings. The average molecular weight is 256 g/mol. The molecule has 1 amide bonds. The molecule has 19 heavy (non-hydrogen) atoms. The highest BCUT2D eigenvalue weighted by Gasteiger charge is 2.12. The van der Waals surface area contributed by atoms with Crippen molar-refractivity contribution in [1.29, 1.82) is 0 Å². The number of hydrogen-bond donors (Lipinski definition) is 1. The first-order chi connectivity index (χ1) is 9.20. The summed E-state index contributed by atoms with van der Waals surface area (Å²) in [7, 11) is 1.75. The van der Waals surface area contributed by atoms with Crippen LogP contribution in [0.15, 0.2) is 43.0 Å². The monoisotopic (exact) mass is 256 g/mol. The van der Waals surface area contributed by atoms with Crippen molar-refractivity contribution in [2.45, 2.75) is 13.1 Å². The number of hydrogen-bond acceptors (Lipinski definition) is 4. The van der Waals surface area contributed by atoms with Gasteiger partial charge in [-0.3, -0.25) is 4.79 Å². The quantitative estimate of drug-likeness (QED) is 0.892. The molecule has 1 aromatic heterocycles. The number of carbonyl (C=O) groups excluding carboxylic acids is 1. The summed E-state index contributed by atoms with van der Waals surface area (Å²) < 4.78 is 0. The van der Waals surface area contributed by atoms with Crippen LogP contribution in [0.2, 0.25) is 0 Å². The lowest BCUT2D eigenvalue weighted by Gasteiger charge is -2.17. The highest BCUT2D eigenvalue weighted by molar-refractivity contribution is 5.93. The predicted molar refractivity (Wildman–Crippen MR) is 72.2 cm³/mol.